The van der Waals surface area contributed by atoms with E-state index in [9.17, 15) is 4.79 Å². The summed E-state index contributed by atoms with van der Waals surface area (Å²) in [7, 11) is 1.37. The molecule has 2 rings (SSSR count). The number of rotatable bonds is 3. The third-order valence-electron chi connectivity index (χ3n) is 3.13. The molecule has 1 aromatic carbocycles. The van der Waals surface area contributed by atoms with Gasteiger partial charge in [-0.1, -0.05) is 12.1 Å². The summed E-state index contributed by atoms with van der Waals surface area (Å²) >= 11 is 1.94. The van der Waals surface area contributed by atoms with Gasteiger partial charge in [0, 0.05) is 24.6 Å². The van der Waals surface area contributed by atoms with Gasteiger partial charge in [0.1, 0.15) is 0 Å². The van der Waals surface area contributed by atoms with E-state index >= 15 is 0 Å². The van der Waals surface area contributed by atoms with E-state index in [1.807, 2.05) is 23.9 Å². The van der Waals surface area contributed by atoms with Crippen molar-refractivity contribution in [2.75, 3.05) is 31.7 Å². The second-order valence-corrected chi connectivity index (χ2v) is 5.69. The van der Waals surface area contributed by atoms with Gasteiger partial charge in [-0.3, -0.25) is 0 Å². The second-order valence-electron chi connectivity index (χ2n) is 4.46. The average Bonchev–Trinajstić information content (AvgIpc) is 2.53. The Labute approximate surface area is 123 Å². The van der Waals surface area contributed by atoms with E-state index in [2.05, 4.69) is 14.6 Å². The maximum Gasteiger partial charge on any atom is 0.337 e. The van der Waals surface area contributed by atoms with Gasteiger partial charge in [-0.2, -0.15) is 11.8 Å². The summed E-state index contributed by atoms with van der Waals surface area (Å²) in [6.07, 6.45) is 0. The van der Waals surface area contributed by atoms with Gasteiger partial charge in [0.25, 0.3) is 0 Å². The van der Waals surface area contributed by atoms with Crippen LogP contribution in [-0.4, -0.2) is 48.5 Å². The van der Waals surface area contributed by atoms with Crippen molar-refractivity contribution in [2.24, 2.45) is 10.7 Å². The number of ether oxygens (including phenoxy) is 1. The molecule has 1 aliphatic heterocycles. The average molecular weight is 293 g/mol. The maximum atomic E-state index is 11.3. The lowest BCUT2D eigenvalue weighted by molar-refractivity contribution is 0.0600. The van der Waals surface area contributed by atoms with Crippen molar-refractivity contribution in [3.8, 4) is 0 Å². The summed E-state index contributed by atoms with van der Waals surface area (Å²) in [6, 6.07) is 7.22. The lowest BCUT2D eigenvalue weighted by Gasteiger charge is -2.27. The lowest BCUT2D eigenvalue weighted by Crippen LogP contribution is -2.42. The zero-order valence-electron chi connectivity index (χ0n) is 11.5. The number of benzene rings is 1. The van der Waals surface area contributed by atoms with Crippen molar-refractivity contribution in [3.63, 3.8) is 0 Å². The zero-order chi connectivity index (χ0) is 14.4. The fraction of sp³-hybridized carbons (Fsp3) is 0.429. The summed E-state index contributed by atoms with van der Waals surface area (Å²) in [6.45, 7) is 2.44. The number of hydrogen-bond donors (Lipinski definition) is 1. The zero-order valence-corrected chi connectivity index (χ0v) is 12.4. The van der Waals surface area contributed by atoms with Gasteiger partial charge in [0.05, 0.1) is 19.2 Å². The van der Waals surface area contributed by atoms with Gasteiger partial charge in [0.2, 0.25) is 0 Å². The Bertz CT molecular complexity index is 482. The summed E-state index contributed by atoms with van der Waals surface area (Å²) in [5.41, 5.74) is 7.55. The van der Waals surface area contributed by atoms with E-state index in [0.717, 1.165) is 30.2 Å². The highest BCUT2D eigenvalue weighted by Gasteiger charge is 2.11. The first-order chi connectivity index (χ1) is 9.70. The largest absolute Gasteiger partial charge is 0.465 e. The van der Waals surface area contributed by atoms with Crippen molar-refractivity contribution in [2.45, 2.75) is 6.54 Å². The number of carbonyl (C=O) groups excluding carboxylic acids is 1. The molecule has 1 saturated heterocycles. The summed E-state index contributed by atoms with van der Waals surface area (Å²) in [4.78, 5) is 17.8. The van der Waals surface area contributed by atoms with Crippen LogP contribution >= 0.6 is 11.8 Å². The molecule has 0 bridgehead atoms. The molecule has 0 unspecified atom stereocenters. The van der Waals surface area contributed by atoms with Gasteiger partial charge in [-0.25, -0.2) is 9.79 Å². The van der Waals surface area contributed by atoms with E-state index in [-0.39, 0.29) is 5.97 Å². The molecule has 6 heteroatoms. The Hall–Kier alpha value is -1.69. The van der Waals surface area contributed by atoms with Gasteiger partial charge in [-0.15, -0.1) is 0 Å². The number of thioether (sulfide) groups is 1. The second kappa shape index (κ2) is 7.19. The Balaban J connectivity index is 1.94. The van der Waals surface area contributed by atoms with Crippen LogP contribution in [0.1, 0.15) is 15.9 Å². The van der Waals surface area contributed by atoms with Gasteiger partial charge in [0.15, 0.2) is 5.96 Å². The molecule has 20 heavy (non-hydrogen) atoms. The Morgan fingerprint density at radius 2 is 2.00 bits per heavy atom. The van der Waals surface area contributed by atoms with E-state index in [1.54, 1.807) is 12.1 Å². The van der Waals surface area contributed by atoms with Crippen molar-refractivity contribution in [3.05, 3.63) is 35.4 Å². The minimum absolute atomic E-state index is 0.328. The van der Waals surface area contributed by atoms with Gasteiger partial charge < -0.3 is 15.4 Å². The van der Waals surface area contributed by atoms with Gasteiger partial charge in [-0.05, 0) is 17.7 Å². The highest BCUT2D eigenvalue weighted by molar-refractivity contribution is 7.99. The summed E-state index contributed by atoms with van der Waals surface area (Å²) in [5, 5.41) is 0. The number of methoxy groups -OCH3 is 1. The fourth-order valence-electron chi connectivity index (χ4n) is 1.93. The third kappa shape index (κ3) is 3.90. The molecule has 2 N–H and O–H groups in total. The van der Waals surface area contributed by atoms with Crippen LogP contribution < -0.4 is 5.73 Å². The minimum atomic E-state index is -0.328. The topological polar surface area (TPSA) is 67.9 Å². The van der Waals surface area contributed by atoms with Crippen LogP contribution in [0.5, 0.6) is 0 Å². The quantitative estimate of drug-likeness (QED) is 0.517. The number of nitrogens with zero attached hydrogens (tertiary/aromatic N) is 2. The van der Waals surface area contributed by atoms with Gasteiger partial charge >= 0.3 is 5.97 Å². The number of carbonyl (C=O) groups is 1. The van der Waals surface area contributed by atoms with Crippen LogP contribution in [0, 0.1) is 0 Å². The number of esters is 1. The third-order valence-corrected chi connectivity index (χ3v) is 4.08. The SMILES string of the molecule is COC(=O)c1ccc(CN=C(N)N2CCSCC2)cc1. The maximum absolute atomic E-state index is 11.3. The number of guanidine groups is 1. The molecule has 0 aliphatic carbocycles. The number of hydrogen-bond acceptors (Lipinski definition) is 4. The minimum Gasteiger partial charge on any atom is -0.465 e. The van der Waals surface area contributed by atoms with Crippen LogP contribution in [0.3, 0.4) is 0 Å². The molecular formula is C14H19N3O2S. The molecule has 1 aliphatic rings. The fourth-order valence-corrected chi connectivity index (χ4v) is 2.83. The Morgan fingerprint density at radius 1 is 1.35 bits per heavy atom. The molecule has 1 heterocycles. The molecule has 0 radical (unpaired) electrons. The van der Waals surface area contributed by atoms with Crippen LogP contribution in [0.25, 0.3) is 0 Å². The normalized spacial score (nSPS) is 16.1. The van der Waals surface area contributed by atoms with E-state index < -0.39 is 0 Å². The van der Waals surface area contributed by atoms with Crippen molar-refractivity contribution in [1.29, 1.82) is 0 Å². The molecule has 1 aromatic rings. The Morgan fingerprint density at radius 3 is 2.60 bits per heavy atom. The highest BCUT2D eigenvalue weighted by Crippen LogP contribution is 2.10. The van der Waals surface area contributed by atoms with E-state index in [0.29, 0.717) is 18.1 Å². The predicted molar refractivity (Wildman–Crippen MR) is 82.0 cm³/mol. The molecular weight excluding hydrogens is 274 g/mol. The van der Waals surface area contributed by atoms with Crippen molar-refractivity contribution < 1.29 is 9.53 Å². The summed E-state index contributed by atoms with van der Waals surface area (Å²) in [5.74, 6) is 2.47. The number of nitrogens with two attached hydrogens (primary N) is 1. The van der Waals surface area contributed by atoms with Crippen LogP contribution in [0.15, 0.2) is 29.3 Å². The van der Waals surface area contributed by atoms with Crippen LogP contribution in [0.4, 0.5) is 0 Å². The molecule has 0 amide bonds. The first kappa shape index (κ1) is 14.7. The standard InChI is InChI=1S/C14H19N3O2S/c1-19-13(18)12-4-2-11(3-5-12)10-16-14(15)17-6-8-20-9-7-17/h2-5H,6-10H2,1H3,(H2,15,16). The van der Waals surface area contributed by atoms with Crippen LogP contribution in [-0.2, 0) is 11.3 Å². The van der Waals surface area contributed by atoms with Crippen molar-refractivity contribution in [1.82, 2.24) is 4.90 Å². The van der Waals surface area contributed by atoms with E-state index in [4.69, 9.17) is 5.73 Å². The molecule has 0 aromatic heterocycles. The molecule has 0 atom stereocenters. The molecule has 0 spiro atoms. The van der Waals surface area contributed by atoms with E-state index in [1.165, 1.54) is 7.11 Å². The first-order valence-electron chi connectivity index (χ1n) is 6.50. The lowest BCUT2D eigenvalue weighted by atomic mass is 10.1. The highest BCUT2D eigenvalue weighted by atomic mass is 32.2. The monoisotopic (exact) mass is 293 g/mol. The molecule has 0 saturated carbocycles. The summed E-state index contributed by atoms with van der Waals surface area (Å²) < 4.78 is 4.66. The molecule has 1 fully saturated rings. The smallest absolute Gasteiger partial charge is 0.337 e. The van der Waals surface area contributed by atoms with Crippen LogP contribution in [0.2, 0.25) is 0 Å². The predicted octanol–water partition coefficient (Wildman–Crippen LogP) is 1.34. The molecule has 108 valence electrons. The number of aliphatic imine (C=N–C) groups is 1. The first-order valence-corrected chi connectivity index (χ1v) is 7.66. The van der Waals surface area contributed by atoms with Crippen molar-refractivity contribution >= 4 is 23.7 Å². The Kier molecular flexibility index (Phi) is 5.29. The molecule has 5 nitrogen and oxygen atoms in total.